The Kier molecular flexibility index (Phi) is 2.86. The van der Waals surface area contributed by atoms with Gasteiger partial charge in [-0.05, 0) is 6.26 Å². The number of ether oxygens (including phenoxy) is 1. The lowest BCUT2D eigenvalue weighted by Crippen LogP contribution is -1.95. The summed E-state index contributed by atoms with van der Waals surface area (Å²) in [4.78, 5) is 4.82. The lowest BCUT2D eigenvalue weighted by molar-refractivity contribution is 0.127. The van der Waals surface area contributed by atoms with Gasteiger partial charge in [-0.3, -0.25) is 0 Å². The number of oxime groups is 1. The Morgan fingerprint density at radius 2 is 2.78 bits per heavy atom. The highest BCUT2D eigenvalue weighted by molar-refractivity contribution is 8.11. The number of thioether (sulfide) groups is 1. The van der Waals surface area contributed by atoms with Crippen molar-refractivity contribution in [3.05, 3.63) is 0 Å². The largest absolute Gasteiger partial charge is 0.393 e. The maximum atomic E-state index is 4.88. The summed E-state index contributed by atoms with van der Waals surface area (Å²) in [6, 6.07) is 0. The van der Waals surface area contributed by atoms with E-state index >= 15 is 0 Å². The minimum Gasteiger partial charge on any atom is -0.393 e. The van der Waals surface area contributed by atoms with Gasteiger partial charge in [0.1, 0.15) is 12.7 Å². The van der Waals surface area contributed by atoms with Crippen molar-refractivity contribution in [2.45, 2.75) is 6.10 Å². The molecule has 9 heavy (non-hydrogen) atoms. The molecule has 3 nitrogen and oxygen atoms in total. The molecule has 1 aliphatic rings. The van der Waals surface area contributed by atoms with Gasteiger partial charge in [-0.25, -0.2) is 0 Å². The summed E-state index contributed by atoms with van der Waals surface area (Å²) in [5.74, 6) is 0. The summed E-state index contributed by atoms with van der Waals surface area (Å²) in [5, 5.41) is 3.63. The molecular weight excluding hydrogens is 138 g/mol. The minimum atomic E-state index is 0.309. The van der Waals surface area contributed by atoms with E-state index in [9.17, 15) is 0 Å². The minimum absolute atomic E-state index is 0.309. The van der Waals surface area contributed by atoms with E-state index in [1.54, 1.807) is 5.55 Å². The summed E-state index contributed by atoms with van der Waals surface area (Å²) in [6.07, 6.45) is 2.24. The van der Waals surface area contributed by atoms with Gasteiger partial charge in [0.25, 0.3) is 0 Å². The predicted octanol–water partition coefficient (Wildman–Crippen LogP) is 0.708. The molecule has 0 aromatic carbocycles. The summed E-state index contributed by atoms with van der Waals surface area (Å²) in [7, 11) is 0. The topological polar surface area (TPSA) is 34.1 Å². The molecule has 1 heterocycles. The molecule has 4 heteroatoms. The fraction of sp³-hybridized carbons (Fsp3) is 0.800. The number of epoxide rings is 1. The van der Waals surface area contributed by atoms with Crippen molar-refractivity contribution in [3.8, 4) is 0 Å². The standard InChI is InChI=1S/C5H9NO2S/c1-9-4-6-8-3-5-2-7-5/h4-5H,2-3H2,1H3/b6-4+. The van der Waals surface area contributed by atoms with Crippen LogP contribution in [-0.4, -0.2) is 31.1 Å². The Morgan fingerprint density at radius 3 is 3.33 bits per heavy atom. The lowest BCUT2D eigenvalue weighted by Gasteiger charge is -1.90. The van der Waals surface area contributed by atoms with Gasteiger partial charge >= 0.3 is 0 Å². The van der Waals surface area contributed by atoms with Crippen molar-refractivity contribution >= 4 is 17.3 Å². The Morgan fingerprint density at radius 1 is 2.00 bits per heavy atom. The summed E-state index contributed by atoms with van der Waals surface area (Å²) in [5.41, 5.74) is 1.66. The number of hydrogen-bond donors (Lipinski definition) is 0. The molecule has 0 N–H and O–H groups in total. The van der Waals surface area contributed by atoms with Gasteiger partial charge in [0, 0.05) is 0 Å². The van der Waals surface area contributed by atoms with Crippen molar-refractivity contribution in [1.29, 1.82) is 0 Å². The van der Waals surface area contributed by atoms with Crippen molar-refractivity contribution in [2.75, 3.05) is 19.5 Å². The highest BCUT2D eigenvalue weighted by Crippen LogP contribution is 2.08. The molecule has 0 radical (unpaired) electrons. The normalized spacial score (nSPS) is 24.8. The third-order valence-electron chi connectivity index (χ3n) is 0.886. The fourth-order valence-electron chi connectivity index (χ4n) is 0.364. The zero-order valence-electron chi connectivity index (χ0n) is 5.24. The highest BCUT2D eigenvalue weighted by Gasteiger charge is 2.22. The monoisotopic (exact) mass is 147 g/mol. The molecule has 0 spiro atoms. The van der Waals surface area contributed by atoms with E-state index in [4.69, 9.17) is 9.57 Å². The SMILES string of the molecule is CS/C=N/OCC1CO1. The van der Waals surface area contributed by atoms with E-state index < -0.39 is 0 Å². The fourth-order valence-corrected chi connectivity index (χ4v) is 0.511. The molecular formula is C5H9NO2S. The first-order valence-electron chi connectivity index (χ1n) is 2.71. The molecule has 1 saturated heterocycles. The van der Waals surface area contributed by atoms with Crippen LogP contribution in [0.15, 0.2) is 5.16 Å². The average Bonchev–Trinajstić information content (AvgIpc) is 2.63. The Balaban J connectivity index is 1.85. The second kappa shape index (κ2) is 3.74. The molecule has 0 bridgehead atoms. The quantitative estimate of drug-likeness (QED) is 0.254. The number of rotatable bonds is 4. The first-order chi connectivity index (χ1) is 4.43. The smallest absolute Gasteiger partial charge is 0.145 e. The van der Waals surface area contributed by atoms with Crippen LogP contribution in [0.4, 0.5) is 0 Å². The van der Waals surface area contributed by atoms with Crippen LogP contribution in [0, 0.1) is 0 Å². The maximum absolute atomic E-state index is 4.88. The molecule has 1 aliphatic heterocycles. The van der Waals surface area contributed by atoms with Crippen molar-refractivity contribution in [1.82, 2.24) is 0 Å². The van der Waals surface area contributed by atoms with Crippen LogP contribution in [-0.2, 0) is 9.57 Å². The predicted molar refractivity (Wildman–Crippen MR) is 37.7 cm³/mol. The van der Waals surface area contributed by atoms with Crippen LogP contribution < -0.4 is 0 Å². The van der Waals surface area contributed by atoms with Gasteiger partial charge in [0.05, 0.1) is 12.2 Å². The summed E-state index contributed by atoms with van der Waals surface area (Å²) >= 11 is 1.52. The van der Waals surface area contributed by atoms with Crippen LogP contribution in [0.5, 0.6) is 0 Å². The van der Waals surface area contributed by atoms with E-state index in [2.05, 4.69) is 5.16 Å². The van der Waals surface area contributed by atoms with Gasteiger partial charge < -0.3 is 9.57 Å². The van der Waals surface area contributed by atoms with Crippen molar-refractivity contribution < 1.29 is 9.57 Å². The molecule has 0 aliphatic carbocycles. The van der Waals surface area contributed by atoms with Crippen LogP contribution in [0.3, 0.4) is 0 Å². The molecule has 1 fully saturated rings. The third-order valence-corrected chi connectivity index (χ3v) is 1.18. The molecule has 0 saturated carbocycles. The molecule has 0 amide bonds. The second-order valence-corrected chi connectivity index (χ2v) is 2.38. The van der Waals surface area contributed by atoms with E-state index in [0.717, 1.165) is 6.61 Å². The van der Waals surface area contributed by atoms with Crippen molar-refractivity contribution in [2.24, 2.45) is 5.16 Å². The maximum Gasteiger partial charge on any atom is 0.145 e. The van der Waals surface area contributed by atoms with Crippen LogP contribution >= 0.6 is 11.8 Å². The summed E-state index contributed by atoms with van der Waals surface area (Å²) < 4.78 is 4.88. The molecule has 52 valence electrons. The van der Waals surface area contributed by atoms with Crippen LogP contribution in [0.2, 0.25) is 0 Å². The van der Waals surface area contributed by atoms with Crippen molar-refractivity contribution in [3.63, 3.8) is 0 Å². The van der Waals surface area contributed by atoms with Gasteiger partial charge in [-0.1, -0.05) is 5.16 Å². The van der Waals surface area contributed by atoms with E-state index in [-0.39, 0.29) is 0 Å². The lowest BCUT2D eigenvalue weighted by atomic mass is 10.5. The summed E-state index contributed by atoms with van der Waals surface area (Å²) in [6.45, 7) is 1.42. The molecule has 0 aromatic heterocycles. The van der Waals surface area contributed by atoms with Gasteiger partial charge in [-0.15, -0.1) is 11.8 Å². The molecule has 1 rings (SSSR count). The highest BCUT2D eigenvalue weighted by atomic mass is 32.2. The van der Waals surface area contributed by atoms with E-state index in [1.807, 2.05) is 6.26 Å². The molecule has 1 atom stereocenters. The zero-order valence-corrected chi connectivity index (χ0v) is 6.06. The van der Waals surface area contributed by atoms with Gasteiger partial charge in [0.2, 0.25) is 0 Å². The second-order valence-electron chi connectivity index (χ2n) is 1.70. The Bertz CT molecular complexity index is 103. The van der Waals surface area contributed by atoms with Crippen LogP contribution in [0.25, 0.3) is 0 Å². The Hall–Kier alpha value is -0.220. The number of nitrogens with zero attached hydrogens (tertiary/aromatic N) is 1. The number of hydrogen-bond acceptors (Lipinski definition) is 4. The average molecular weight is 147 g/mol. The van der Waals surface area contributed by atoms with E-state index in [0.29, 0.717) is 12.7 Å². The first kappa shape index (κ1) is 6.89. The zero-order chi connectivity index (χ0) is 6.53. The molecule has 0 aromatic rings. The van der Waals surface area contributed by atoms with E-state index in [1.165, 1.54) is 11.8 Å². The first-order valence-corrected chi connectivity index (χ1v) is 4.00. The third kappa shape index (κ3) is 3.37. The van der Waals surface area contributed by atoms with Crippen LogP contribution in [0.1, 0.15) is 0 Å². The molecule has 1 unspecified atom stereocenters. The Labute approximate surface area is 58.4 Å². The van der Waals surface area contributed by atoms with Gasteiger partial charge in [0.15, 0.2) is 0 Å². The van der Waals surface area contributed by atoms with Gasteiger partial charge in [-0.2, -0.15) is 0 Å².